The van der Waals surface area contributed by atoms with Crippen molar-refractivity contribution in [3.8, 4) is 0 Å². The maximum Gasteiger partial charge on any atom is 0.220 e. The first-order valence-electron chi connectivity index (χ1n) is 25.6. The largest absolute Gasteiger partial charge is 0.394 e. The molecule has 0 radical (unpaired) electrons. The minimum atomic E-state index is -1.57. The number of aliphatic hydroxyl groups is 5. The van der Waals surface area contributed by atoms with Crippen LogP contribution in [0.3, 0.4) is 0 Å². The third-order valence-corrected chi connectivity index (χ3v) is 12.3. The molecular formula is C51H97NO8. The van der Waals surface area contributed by atoms with Gasteiger partial charge in [-0.05, 0) is 44.9 Å². The third-order valence-electron chi connectivity index (χ3n) is 12.3. The first kappa shape index (κ1) is 56.7. The van der Waals surface area contributed by atoms with Crippen LogP contribution in [0.15, 0.2) is 24.3 Å². The van der Waals surface area contributed by atoms with Gasteiger partial charge in [-0.25, -0.2) is 0 Å². The van der Waals surface area contributed by atoms with Crippen molar-refractivity contribution >= 4 is 5.91 Å². The fourth-order valence-electron chi connectivity index (χ4n) is 8.15. The highest BCUT2D eigenvalue weighted by Crippen LogP contribution is 2.23. The summed E-state index contributed by atoms with van der Waals surface area (Å²) in [4.78, 5) is 13.0. The van der Waals surface area contributed by atoms with E-state index in [-0.39, 0.29) is 12.5 Å². The van der Waals surface area contributed by atoms with Crippen LogP contribution in [0, 0.1) is 0 Å². The van der Waals surface area contributed by atoms with Gasteiger partial charge < -0.3 is 40.3 Å². The molecule has 1 aliphatic rings. The van der Waals surface area contributed by atoms with Crippen molar-refractivity contribution in [1.29, 1.82) is 0 Å². The Balaban J connectivity index is 2.29. The predicted octanol–water partition coefficient (Wildman–Crippen LogP) is 11.5. The third kappa shape index (κ3) is 31.5. The lowest BCUT2D eigenvalue weighted by Crippen LogP contribution is -2.60. The highest BCUT2D eigenvalue weighted by atomic mass is 16.7. The Morgan fingerprint density at radius 3 is 1.35 bits per heavy atom. The number of nitrogens with one attached hydrogen (secondary N) is 1. The van der Waals surface area contributed by atoms with E-state index in [1.807, 2.05) is 6.08 Å². The standard InChI is InChI=1S/C51H97NO8/c1-3-5-7-9-11-13-15-17-19-20-21-22-23-24-25-27-28-30-32-34-36-38-40-45(54)44(43-59-51-50(58)49(57)48(56)46(42-53)60-51)52-47(55)41-39-37-35-33-31-29-26-18-16-14-12-10-8-6-4-2/h18,26,38,40,44-46,48-51,53-54,56-58H,3-17,19-25,27-37,39,41-43H2,1-2H3,(H,52,55)/b26-18-,40-38+. The minimum absolute atomic E-state index is 0.184. The van der Waals surface area contributed by atoms with Gasteiger partial charge in [-0.15, -0.1) is 0 Å². The van der Waals surface area contributed by atoms with Crippen molar-refractivity contribution in [2.45, 2.75) is 281 Å². The van der Waals surface area contributed by atoms with E-state index in [9.17, 15) is 30.3 Å². The van der Waals surface area contributed by atoms with Crippen LogP contribution in [-0.2, 0) is 14.3 Å². The van der Waals surface area contributed by atoms with Gasteiger partial charge in [-0.1, -0.05) is 212 Å². The number of carbonyl (C=O) groups excluding carboxylic acids is 1. The zero-order chi connectivity index (χ0) is 43.7. The molecule has 0 aliphatic carbocycles. The molecule has 0 aromatic carbocycles. The van der Waals surface area contributed by atoms with Gasteiger partial charge in [0, 0.05) is 6.42 Å². The van der Waals surface area contributed by atoms with Gasteiger partial charge in [-0.2, -0.15) is 0 Å². The molecule has 0 saturated carbocycles. The SMILES string of the molecule is CCCCCCCC/C=C\CCCCCCCC(=O)NC(COC1OC(CO)C(O)C(O)C1O)C(O)/C=C/CCCCCCCCCCCCCCCCCCCCCC. The monoisotopic (exact) mass is 852 g/mol. The molecule has 0 spiro atoms. The smallest absolute Gasteiger partial charge is 0.220 e. The van der Waals surface area contributed by atoms with E-state index in [2.05, 4.69) is 31.3 Å². The molecule has 6 N–H and O–H groups in total. The predicted molar refractivity (Wildman–Crippen MR) is 249 cm³/mol. The number of hydrogen-bond acceptors (Lipinski definition) is 8. The zero-order valence-corrected chi connectivity index (χ0v) is 39.0. The summed E-state index contributed by atoms with van der Waals surface area (Å²) >= 11 is 0. The van der Waals surface area contributed by atoms with Crippen molar-refractivity contribution in [1.82, 2.24) is 5.32 Å². The zero-order valence-electron chi connectivity index (χ0n) is 39.0. The Morgan fingerprint density at radius 2 is 0.933 bits per heavy atom. The van der Waals surface area contributed by atoms with Gasteiger partial charge in [0.1, 0.15) is 24.4 Å². The topological polar surface area (TPSA) is 149 Å². The average Bonchev–Trinajstić information content (AvgIpc) is 3.25. The minimum Gasteiger partial charge on any atom is -0.394 e. The van der Waals surface area contributed by atoms with Crippen LogP contribution in [0.4, 0.5) is 0 Å². The average molecular weight is 852 g/mol. The molecule has 354 valence electrons. The molecular weight excluding hydrogens is 755 g/mol. The lowest BCUT2D eigenvalue weighted by Gasteiger charge is -2.40. The summed E-state index contributed by atoms with van der Waals surface area (Å²) in [6.07, 6.45) is 43.7. The summed E-state index contributed by atoms with van der Waals surface area (Å²) in [6, 6.07) is -0.806. The second kappa shape index (κ2) is 41.7. The normalized spacial score (nSPS) is 20.7. The van der Waals surface area contributed by atoms with E-state index < -0.39 is 49.5 Å². The van der Waals surface area contributed by atoms with Crippen LogP contribution in [-0.4, -0.2) is 87.5 Å². The van der Waals surface area contributed by atoms with E-state index in [4.69, 9.17) is 9.47 Å². The Hall–Kier alpha value is -1.33. The van der Waals surface area contributed by atoms with E-state index >= 15 is 0 Å². The van der Waals surface area contributed by atoms with Crippen molar-refractivity contribution in [2.24, 2.45) is 0 Å². The van der Waals surface area contributed by atoms with E-state index in [1.54, 1.807) is 6.08 Å². The Kier molecular flexibility index (Phi) is 39.4. The molecule has 1 rings (SSSR count). The Bertz CT molecular complexity index is 992. The summed E-state index contributed by atoms with van der Waals surface area (Å²) < 4.78 is 11.2. The fraction of sp³-hybridized carbons (Fsp3) is 0.902. The number of unbranched alkanes of at least 4 members (excludes halogenated alkanes) is 31. The second-order valence-electron chi connectivity index (χ2n) is 18.0. The lowest BCUT2D eigenvalue weighted by atomic mass is 9.99. The maximum absolute atomic E-state index is 13.0. The number of rotatable bonds is 43. The van der Waals surface area contributed by atoms with Crippen LogP contribution in [0.1, 0.15) is 239 Å². The molecule has 0 bridgehead atoms. The van der Waals surface area contributed by atoms with E-state index in [0.717, 1.165) is 57.8 Å². The number of ether oxygens (including phenoxy) is 2. The summed E-state index contributed by atoms with van der Waals surface area (Å²) in [7, 11) is 0. The van der Waals surface area contributed by atoms with E-state index in [1.165, 1.54) is 161 Å². The second-order valence-corrected chi connectivity index (χ2v) is 18.0. The molecule has 9 nitrogen and oxygen atoms in total. The molecule has 1 aliphatic heterocycles. The van der Waals surface area contributed by atoms with Gasteiger partial charge in [0.2, 0.25) is 5.91 Å². The molecule has 7 unspecified atom stereocenters. The number of amides is 1. The Labute approximate surface area is 369 Å². The van der Waals surface area contributed by atoms with Crippen molar-refractivity contribution in [3.05, 3.63) is 24.3 Å². The van der Waals surface area contributed by atoms with Crippen LogP contribution in [0.25, 0.3) is 0 Å². The van der Waals surface area contributed by atoms with Gasteiger partial charge in [0.25, 0.3) is 0 Å². The van der Waals surface area contributed by atoms with Crippen molar-refractivity contribution in [2.75, 3.05) is 13.2 Å². The number of aliphatic hydroxyl groups excluding tert-OH is 5. The molecule has 9 heteroatoms. The van der Waals surface area contributed by atoms with E-state index in [0.29, 0.717) is 6.42 Å². The van der Waals surface area contributed by atoms with Crippen LogP contribution in [0.5, 0.6) is 0 Å². The van der Waals surface area contributed by atoms with Crippen LogP contribution in [0.2, 0.25) is 0 Å². The van der Waals surface area contributed by atoms with Gasteiger partial charge in [0.15, 0.2) is 6.29 Å². The highest BCUT2D eigenvalue weighted by molar-refractivity contribution is 5.76. The summed E-state index contributed by atoms with van der Waals surface area (Å²) in [5.74, 6) is -0.184. The van der Waals surface area contributed by atoms with Crippen molar-refractivity contribution < 1.29 is 39.8 Å². The number of hydrogen-bond donors (Lipinski definition) is 6. The van der Waals surface area contributed by atoms with Gasteiger partial charge in [0.05, 0.1) is 25.4 Å². The summed E-state index contributed by atoms with van der Waals surface area (Å²) in [5, 5.41) is 54.3. The lowest BCUT2D eigenvalue weighted by molar-refractivity contribution is -0.302. The molecule has 1 fully saturated rings. The maximum atomic E-state index is 13.0. The Morgan fingerprint density at radius 1 is 0.550 bits per heavy atom. The molecule has 1 amide bonds. The van der Waals surface area contributed by atoms with Crippen molar-refractivity contribution in [3.63, 3.8) is 0 Å². The van der Waals surface area contributed by atoms with Crippen LogP contribution >= 0.6 is 0 Å². The molecule has 1 heterocycles. The molecule has 7 atom stereocenters. The molecule has 1 saturated heterocycles. The fourth-order valence-corrected chi connectivity index (χ4v) is 8.15. The van der Waals surface area contributed by atoms with Gasteiger partial charge in [-0.3, -0.25) is 4.79 Å². The van der Waals surface area contributed by atoms with Gasteiger partial charge >= 0.3 is 0 Å². The summed E-state index contributed by atoms with van der Waals surface area (Å²) in [5.41, 5.74) is 0. The number of allylic oxidation sites excluding steroid dienone is 3. The number of carbonyl (C=O) groups is 1. The highest BCUT2D eigenvalue weighted by Gasteiger charge is 2.44. The first-order chi connectivity index (χ1) is 29.3. The summed E-state index contributed by atoms with van der Waals surface area (Å²) in [6.45, 7) is 3.78. The van der Waals surface area contributed by atoms with Crippen LogP contribution < -0.4 is 5.32 Å². The molecule has 0 aromatic heterocycles. The quantitative estimate of drug-likeness (QED) is 0.0262. The molecule has 60 heavy (non-hydrogen) atoms. The first-order valence-corrected chi connectivity index (χ1v) is 25.6. The molecule has 0 aromatic rings.